The average molecular weight is 324 g/mol. The number of hydrogen-bond acceptors (Lipinski definition) is 1. The van der Waals surface area contributed by atoms with Gasteiger partial charge in [-0.3, -0.25) is 4.79 Å². The maximum absolute atomic E-state index is 12.7. The first-order valence-electron chi connectivity index (χ1n) is 6.32. The van der Waals surface area contributed by atoms with Crippen molar-refractivity contribution in [2.45, 2.75) is 16.2 Å². The maximum Gasteiger partial charge on any atom is 0.193 e. The molecule has 4 rings (SSSR count). The van der Waals surface area contributed by atoms with Crippen molar-refractivity contribution in [1.29, 1.82) is 0 Å². The van der Waals surface area contributed by atoms with Crippen molar-refractivity contribution >= 4 is 40.6 Å². The minimum atomic E-state index is -0.865. The van der Waals surface area contributed by atoms with Crippen molar-refractivity contribution in [3.8, 4) is 0 Å². The molecule has 1 fully saturated rings. The van der Waals surface area contributed by atoms with Gasteiger partial charge >= 0.3 is 0 Å². The van der Waals surface area contributed by atoms with Crippen molar-refractivity contribution in [1.82, 2.24) is 0 Å². The number of fused-ring (bicyclic) bond motifs is 5. The number of hydrogen-bond donors (Lipinski definition) is 0. The van der Waals surface area contributed by atoms with Gasteiger partial charge in [-0.05, 0) is 29.3 Å². The summed E-state index contributed by atoms with van der Waals surface area (Å²) < 4.78 is -0.865. The highest BCUT2D eigenvalue weighted by molar-refractivity contribution is 6.53. The largest absolute Gasteiger partial charge is 0.289 e. The van der Waals surface area contributed by atoms with Crippen LogP contribution in [0.2, 0.25) is 5.02 Å². The van der Waals surface area contributed by atoms with Crippen molar-refractivity contribution in [2.75, 3.05) is 0 Å². The standard InChI is InChI=1S/C16H9Cl3O/c17-8-5-6-11-12(7-8)14-13(16(14,18)19)9-3-1-2-4-10(9)15(11)20/h1-7,13-14H. The van der Waals surface area contributed by atoms with Crippen LogP contribution in [0.3, 0.4) is 0 Å². The van der Waals surface area contributed by atoms with Gasteiger partial charge in [0.25, 0.3) is 0 Å². The molecule has 0 aromatic heterocycles. The summed E-state index contributed by atoms with van der Waals surface area (Å²) in [6, 6.07) is 12.8. The predicted molar refractivity (Wildman–Crippen MR) is 81.2 cm³/mol. The van der Waals surface area contributed by atoms with Crippen molar-refractivity contribution < 1.29 is 4.79 Å². The van der Waals surface area contributed by atoms with E-state index >= 15 is 0 Å². The van der Waals surface area contributed by atoms with Crippen LogP contribution in [0, 0.1) is 0 Å². The van der Waals surface area contributed by atoms with Crippen molar-refractivity contribution in [3.63, 3.8) is 0 Å². The van der Waals surface area contributed by atoms with E-state index in [2.05, 4.69) is 0 Å². The fourth-order valence-corrected chi connectivity index (χ4v) is 4.25. The number of ketones is 1. The van der Waals surface area contributed by atoms with Crippen LogP contribution in [0.25, 0.3) is 0 Å². The Morgan fingerprint density at radius 1 is 0.900 bits per heavy atom. The molecule has 0 radical (unpaired) electrons. The molecule has 2 aromatic rings. The maximum atomic E-state index is 12.7. The molecule has 20 heavy (non-hydrogen) atoms. The van der Waals surface area contributed by atoms with E-state index < -0.39 is 4.33 Å². The van der Waals surface area contributed by atoms with E-state index in [1.54, 1.807) is 12.1 Å². The van der Waals surface area contributed by atoms with Crippen LogP contribution >= 0.6 is 34.8 Å². The zero-order chi connectivity index (χ0) is 14.1. The lowest BCUT2D eigenvalue weighted by Gasteiger charge is -2.11. The zero-order valence-electron chi connectivity index (χ0n) is 10.2. The minimum Gasteiger partial charge on any atom is -0.289 e. The van der Waals surface area contributed by atoms with Crippen LogP contribution in [0.15, 0.2) is 42.5 Å². The van der Waals surface area contributed by atoms with Gasteiger partial charge in [0.2, 0.25) is 0 Å². The first-order chi connectivity index (χ1) is 9.51. The third-order valence-corrected chi connectivity index (χ3v) is 5.36. The van der Waals surface area contributed by atoms with Crippen LogP contribution in [-0.2, 0) is 0 Å². The van der Waals surface area contributed by atoms with Gasteiger partial charge < -0.3 is 0 Å². The highest BCUT2D eigenvalue weighted by Gasteiger charge is 2.66. The molecule has 2 unspecified atom stereocenters. The molecular weight excluding hydrogens is 315 g/mol. The van der Waals surface area contributed by atoms with E-state index in [4.69, 9.17) is 34.8 Å². The van der Waals surface area contributed by atoms with E-state index in [0.29, 0.717) is 16.1 Å². The highest BCUT2D eigenvalue weighted by atomic mass is 35.5. The van der Waals surface area contributed by atoms with E-state index in [9.17, 15) is 4.79 Å². The monoisotopic (exact) mass is 322 g/mol. The lowest BCUT2D eigenvalue weighted by molar-refractivity contribution is 0.103. The van der Waals surface area contributed by atoms with E-state index in [-0.39, 0.29) is 17.6 Å². The Balaban J connectivity index is 2.04. The molecule has 2 atom stereocenters. The molecule has 0 saturated heterocycles. The molecule has 0 bridgehead atoms. The second-order valence-electron chi connectivity index (χ2n) is 5.28. The summed E-state index contributed by atoms with van der Waals surface area (Å²) in [6.45, 7) is 0. The fraction of sp³-hybridized carbons (Fsp3) is 0.188. The summed E-state index contributed by atoms with van der Waals surface area (Å²) in [5.74, 6) is -0.110. The fourth-order valence-electron chi connectivity index (χ4n) is 3.22. The summed E-state index contributed by atoms with van der Waals surface area (Å²) >= 11 is 19.0. The molecule has 2 aromatic carbocycles. The number of carbonyl (C=O) groups excluding carboxylic acids is 1. The lowest BCUT2D eigenvalue weighted by Crippen LogP contribution is -2.08. The zero-order valence-corrected chi connectivity index (χ0v) is 12.5. The first kappa shape index (κ1) is 12.7. The highest BCUT2D eigenvalue weighted by Crippen LogP contribution is 2.72. The number of alkyl halides is 2. The Bertz CT molecular complexity index is 751. The van der Waals surface area contributed by atoms with Gasteiger partial charge in [0.1, 0.15) is 4.33 Å². The van der Waals surface area contributed by atoms with Gasteiger partial charge in [0, 0.05) is 28.0 Å². The smallest absolute Gasteiger partial charge is 0.193 e. The third-order valence-electron chi connectivity index (χ3n) is 4.19. The molecule has 1 saturated carbocycles. The van der Waals surface area contributed by atoms with Gasteiger partial charge in [0.05, 0.1) is 0 Å². The third kappa shape index (κ3) is 1.54. The van der Waals surface area contributed by atoms with E-state index in [0.717, 1.165) is 11.1 Å². The van der Waals surface area contributed by atoms with Crippen LogP contribution < -0.4 is 0 Å². The van der Waals surface area contributed by atoms with Crippen LogP contribution in [0.1, 0.15) is 38.9 Å². The first-order valence-corrected chi connectivity index (χ1v) is 7.46. The van der Waals surface area contributed by atoms with Crippen LogP contribution in [0.5, 0.6) is 0 Å². The molecule has 0 heterocycles. The van der Waals surface area contributed by atoms with E-state index in [1.807, 2.05) is 30.3 Å². The number of halogens is 3. The van der Waals surface area contributed by atoms with Gasteiger partial charge in [-0.1, -0.05) is 35.9 Å². The van der Waals surface area contributed by atoms with Crippen LogP contribution in [-0.4, -0.2) is 10.1 Å². The van der Waals surface area contributed by atoms with Gasteiger partial charge in [-0.15, -0.1) is 23.2 Å². The average Bonchev–Trinajstić information content (AvgIpc) is 3.02. The summed E-state index contributed by atoms with van der Waals surface area (Å²) in [5, 5.41) is 0.595. The normalized spacial score (nSPS) is 25.2. The quantitative estimate of drug-likeness (QED) is 0.628. The van der Waals surface area contributed by atoms with Gasteiger partial charge in [0.15, 0.2) is 5.78 Å². The van der Waals surface area contributed by atoms with Gasteiger partial charge in [-0.25, -0.2) is 0 Å². The molecule has 4 heteroatoms. The number of benzene rings is 2. The molecule has 2 aliphatic carbocycles. The van der Waals surface area contributed by atoms with E-state index in [1.165, 1.54) is 0 Å². The molecule has 0 N–H and O–H groups in total. The van der Waals surface area contributed by atoms with Crippen molar-refractivity contribution in [3.05, 3.63) is 69.7 Å². The summed E-state index contributed by atoms with van der Waals surface area (Å²) in [4.78, 5) is 12.7. The molecule has 100 valence electrons. The number of rotatable bonds is 0. The molecule has 2 aliphatic rings. The van der Waals surface area contributed by atoms with Crippen molar-refractivity contribution in [2.24, 2.45) is 0 Å². The molecule has 1 nitrogen and oxygen atoms in total. The van der Waals surface area contributed by atoms with Crippen LogP contribution in [0.4, 0.5) is 0 Å². The Kier molecular flexibility index (Phi) is 2.54. The molecule has 0 spiro atoms. The molecule has 0 aliphatic heterocycles. The molecule has 0 amide bonds. The summed E-state index contributed by atoms with van der Waals surface area (Å²) in [5.41, 5.74) is 3.12. The Morgan fingerprint density at radius 2 is 1.55 bits per heavy atom. The minimum absolute atomic E-state index is 0.0172. The lowest BCUT2D eigenvalue weighted by atomic mass is 9.96. The Morgan fingerprint density at radius 3 is 2.35 bits per heavy atom. The Labute approximate surface area is 131 Å². The predicted octanol–water partition coefficient (Wildman–Crippen LogP) is 4.94. The van der Waals surface area contributed by atoms with Gasteiger partial charge in [-0.2, -0.15) is 0 Å². The Hall–Kier alpha value is -1.02. The molecular formula is C16H9Cl3O. The number of carbonyl (C=O) groups is 1. The topological polar surface area (TPSA) is 17.1 Å². The summed E-state index contributed by atoms with van der Waals surface area (Å²) in [7, 11) is 0. The second kappa shape index (κ2) is 4.00. The summed E-state index contributed by atoms with van der Waals surface area (Å²) in [6.07, 6.45) is 0. The second-order valence-corrected chi connectivity index (χ2v) is 7.16. The SMILES string of the molecule is O=C1c2ccccc2C2C(c3cc(Cl)ccc31)C2(Cl)Cl.